The minimum atomic E-state index is -0.873. The molecule has 2 aromatic carbocycles. The molecular weight excluding hydrogens is 410 g/mol. The zero-order chi connectivity index (χ0) is 23.2. The van der Waals surface area contributed by atoms with Crippen molar-refractivity contribution in [3.05, 3.63) is 59.7 Å². The second kappa shape index (κ2) is 8.68. The molecule has 2 N–H and O–H groups in total. The maximum absolute atomic E-state index is 11.1. The van der Waals surface area contributed by atoms with E-state index in [4.69, 9.17) is 5.11 Å². The number of carbonyl (C=O) groups is 1. The lowest BCUT2D eigenvalue weighted by molar-refractivity contribution is 0.0697. The van der Waals surface area contributed by atoms with Crippen molar-refractivity contribution in [2.75, 3.05) is 36.4 Å². The molecule has 176 valence electrons. The fourth-order valence-corrected chi connectivity index (χ4v) is 6.54. The van der Waals surface area contributed by atoms with Crippen molar-refractivity contribution >= 4 is 17.3 Å². The highest BCUT2D eigenvalue weighted by atomic mass is 16.4. The Hall–Kier alpha value is -2.53. The molecule has 0 amide bonds. The second-order valence-corrected chi connectivity index (χ2v) is 11.0. The minimum absolute atomic E-state index is 0.343. The molecule has 3 aliphatic rings. The monoisotopic (exact) mass is 447 g/mol. The molecule has 2 saturated carbocycles. The molecule has 5 nitrogen and oxygen atoms in total. The topological polar surface area (TPSA) is 55.8 Å². The van der Waals surface area contributed by atoms with Gasteiger partial charge in [-0.25, -0.2) is 4.79 Å². The van der Waals surface area contributed by atoms with Crippen LogP contribution in [-0.2, 0) is 6.54 Å². The molecule has 0 radical (unpaired) electrons. The first kappa shape index (κ1) is 22.3. The number of aromatic carboxylic acids is 1. The average molecular weight is 448 g/mol. The number of rotatable bonds is 6. The number of carboxylic acid groups (broad SMARTS) is 1. The number of hydrogen-bond acceptors (Lipinski definition) is 4. The summed E-state index contributed by atoms with van der Waals surface area (Å²) in [5.74, 6) is 1.54. The first-order valence-electron chi connectivity index (χ1n) is 12.5. The van der Waals surface area contributed by atoms with Gasteiger partial charge in [0, 0.05) is 50.1 Å². The van der Waals surface area contributed by atoms with Crippen molar-refractivity contribution in [1.82, 2.24) is 4.90 Å². The van der Waals surface area contributed by atoms with E-state index in [1.54, 1.807) is 12.1 Å². The highest BCUT2D eigenvalue weighted by molar-refractivity contribution is 5.88. The summed E-state index contributed by atoms with van der Waals surface area (Å²) < 4.78 is 0. The zero-order valence-electron chi connectivity index (χ0n) is 20.1. The Labute approximate surface area is 197 Å². The van der Waals surface area contributed by atoms with Gasteiger partial charge in [-0.2, -0.15) is 0 Å². The minimum Gasteiger partial charge on any atom is -0.478 e. The Balaban J connectivity index is 1.19. The largest absolute Gasteiger partial charge is 0.478 e. The van der Waals surface area contributed by atoms with Gasteiger partial charge in [0.25, 0.3) is 0 Å². The van der Waals surface area contributed by atoms with Crippen LogP contribution in [0, 0.1) is 23.2 Å². The molecule has 5 rings (SSSR count). The van der Waals surface area contributed by atoms with E-state index in [1.807, 2.05) is 12.1 Å². The molecular formula is C28H37N3O2. The Kier molecular flexibility index (Phi) is 5.86. The summed E-state index contributed by atoms with van der Waals surface area (Å²) in [5.41, 5.74) is 4.64. The standard InChI is InChI=1S/C28H37N3O2/c1-19-24-16-22(28(19,2)3)17-26(24)29-25-7-5-4-6-21(25)18-30-12-14-31(15-13-30)23-10-8-20(9-11-23)27(32)33/h4-11,19,22,24,26,29H,12-18H2,1-3H3,(H,32,33)/t19-,22+,24+,26?/m0/s1. The van der Waals surface area contributed by atoms with Crippen LogP contribution in [-0.4, -0.2) is 48.2 Å². The molecule has 33 heavy (non-hydrogen) atoms. The lowest BCUT2D eigenvalue weighted by atomic mass is 9.68. The third-order valence-corrected chi connectivity index (χ3v) is 9.08. The number of nitrogens with zero attached hydrogens (tertiary/aromatic N) is 2. The van der Waals surface area contributed by atoms with Crippen molar-refractivity contribution < 1.29 is 9.90 Å². The molecule has 0 spiro atoms. The average Bonchev–Trinajstić information content (AvgIpc) is 3.33. The third kappa shape index (κ3) is 4.23. The smallest absolute Gasteiger partial charge is 0.335 e. The molecule has 0 aromatic heterocycles. The van der Waals surface area contributed by atoms with Crippen molar-refractivity contribution in [2.24, 2.45) is 23.2 Å². The van der Waals surface area contributed by atoms with E-state index in [1.165, 1.54) is 24.1 Å². The molecule has 1 aliphatic heterocycles. The molecule has 3 fully saturated rings. The van der Waals surface area contributed by atoms with Crippen molar-refractivity contribution in [2.45, 2.75) is 46.2 Å². The van der Waals surface area contributed by atoms with E-state index in [0.717, 1.165) is 56.2 Å². The van der Waals surface area contributed by atoms with Crippen LogP contribution in [0.3, 0.4) is 0 Å². The zero-order valence-corrected chi connectivity index (χ0v) is 20.1. The highest BCUT2D eigenvalue weighted by Gasteiger charge is 2.54. The van der Waals surface area contributed by atoms with Gasteiger partial charge < -0.3 is 15.3 Å². The van der Waals surface area contributed by atoms with Crippen LogP contribution in [0.5, 0.6) is 0 Å². The molecule has 1 heterocycles. The normalized spacial score (nSPS) is 28.8. The summed E-state index contributed by atoms with van der Waals surface area (Å²) in [4.78, 5) is 16.0. The Morgan fingerprint density at radius 3 is 2.36 bits per heavy atom. The van der Waals surface area contributed by atoms with Gasteiger partial charge >= 0.3 is 5.97 Å². The second-order valence-electron chi connectivity index (χ2n) is 11.0. The van der Waals surface area contributed by atoms with Crippen LogP contribution >= 0.6 is 0 Å². The Bertz CT molecular complexity index is 990. The molecule has 2 aromatic rings. The van der Waals surface area contributed by atoms with Crippen LogP contribution in [0.2, 0.25) is 0 Å². The molecule has 4 atom stereocenters. The number of para-hydroxylation sites is 1. The van der Waals surface area contributed by atoms with Gasteiger partial charge in [-0.1, -0.05) is 39.0 Å². The molecule has 5 heteroatoms. The predicted molar refractivity (Wildman–Crippen MR) is 134 cm³/mol. The van der Waals surface area contributed by atoms with Gasteiger partial charge in [-0.05, 0) is 71.9 Å². The van der Waals surface area contributed by atoms with Crippen molar-refractivity contribution in [3.8, 4) is 0 Å². The lowest BCUT2D eigenvalue weighted by Gasteiger charge is -2.41. The number of benzene rings is 2. The number of piperazine rings is 1. The summed E-state index contributed by atoms with van der Waals surface area (Å²) in [6.07, 6.45) is 2.68. The number of anilines is 2. The summed E-state index contributed by atoms with van der Waals surface area (Å²) in [6, 6.07) is 16.7. The molecule has 2 bridgehead atoms. The van der Waals surface area contributed by atoms with Gasteiger partial charge in [-0.15, -0.1) is 0 Å². The van der Waals surface area contributed by atoms with E-state index in [9.17, 15) is 4.79 Å². The van der Waals surface area contributed by atoms with E-state index in [-0.39, 0.29) is 0 Å². The van der Waals surface area contributed by atoms with Crippen molar-refractivity contribution in [3.63, 3.8) is 0 Å². The van der Waals surface area contributed by atoms with Crippen LogP contribution in [0.1, 0.15) is 49.5 Å². The van der Waals surface area contributed by atoms with Gasteiger partial charge in [-0.3, -0.25) is 4.90 Å². The van der Waals surface area contributed by atoms with Crippen LogP contribution in [0.25, 0.3) is 0 Å². The van der Waals surface area contributed by atoms with Crippen LogP contribution in [0.4, 0.5) is 11.4 Å². The first-order valence-corrected chi connectivity index (χ1v) is 12.5. The molecule has 1 unspecified atom stereocenters. The molecule has 2 aliphatic carbocycles. The fraction of sp³-hybridized carbons (Fsp3) is 0.536. The van der Waals surface area contributed by atoms with E-state index < -0.39 is 5.97 Å². The predicted octanol–water partition coefficient (Wildman–Crippen LogP) is 5.19. The number of hydrogen-bond donors (Lipinski definition) is 2. The van der Waals surface area contributed by atoms with Crippen LogP contribution in [0.15, 0.2) is 48.5 Å². The maximum atomic E-state index is 11.1. The van der Waals surface area contributed by atoms with E-state index in [0.29, 0.717) is 17.0 Å². The molecule has 1 saturated heterocycles. The quantitative estimate of drug-likeness (QED) is 0.638. The van der Waals surface area contributed by atoms with Gasteiger partial charge in [0.1, 0.15) is 0 Å². The number of carboxylic acids is 1. The number of fused-ring (bicyclic) bond motifs is 2. The maximum Gasteiger partial charge on any atom is 0.335 e. The van der Waals surface area contributed by atoms with E-state index in [2.05, 4.69) is 60.2 Å². The van der Waals surface area contributed by atoms with Crippen molar-refractivity contribution in [1.29, 1.82) is 0 Å². The summed E-state index contributed by atoms with van der Waals surface area (Å²) in [6.45, 7) is 12.3. The lowest BCUT2D eigenvalue weighted by Crippen LogP contribution is -2.46. The van der Waals surface area contributed by atoms with Gasteiger partial charge in [0.2, 0.25) is 0 Å². The fourth-order valence-electron chi connectivity index (χ4n) is 6.54. The first-order chi connectivity index (χ1) is 15.8. The summed E-state index contributed by atoms with van der Waals surface area (Å²) in [7, 11) is 0. The van der Waals surface area contributed by atoms with Gasteiger partial charge in [0.15, 0.2) is 0 Å². The summed E-state index contributed by atoms with van der Waals surface area (Å²) >= 11 is 0. The van der Waals surface area contributed by atoms with E-state index >= 15 is 0 Å². The Morgan fingerprint density at radius 1 is 1.03 bits per heavy atom. The Morgan fingerprint density at radius 2 is 1.73 bits per heavy atom. The van der Waals surface area contributed by atoms with Crippen LogP contribution < -0.4 is 10.2 Å². The number of nitrogens with one attached hydrogen (secondary N) is 1. The SMILES string of the molecule is C[C@H]1[C@H]2C[C@H](CC2Nc2ccccc2CN2CCN(c3ccc(C(=O)O)cc3)CC2)C1(C)C. The third-order valence-electron chi connectivity index (χ3n) is 9.08. The van der Waals surface area contributed by atoms with Gasteiger partial charge in [0.05, 0.1) is 5.56 Å². The highest BCUT2D eigenvalue weighted by Crippen LogP contribution is 2.59. The summed E-state index contributed by atoms with van der Waals surface area (Å²) in [5, 5.41) is 13.1.